The molecule has 0 radical (unpaired) electrons. The van der Waals surface area contributed by atoms with Crippen LogP contribution in [0.5, 0.6) is 6.01 Å². The quantitative estimate of drug-likeness (QED) is 0.321. The molecule has 0 aliphatic rings. The Kier molecular flexibility index (Phi) is 6.36. The van der Waals surface area contributed by atoms with Crippen molar-refractivity contribution in [2.45, 2.75) is 24.9 Å². The number of rotatable bonds is 6. The summed E-state index contributed by atoms with van der Waals surface area (Å²) < 4.78 is 73.5. The van der Waals surface area contributed by atoms with Crippen LogP contribution >= 0.6 is 0 Å². The van der Waals surface area contributed by atoms with E-state index in [4.69, 9.17) is 11.3 Å². The van der Waals surface area contributed by atoms with Crippen LogP contribution in [-0.4, -0.2) is 40.6 Å². The van der Waals surface area contributed by atoms with E-state index in [1.165, 1.54) is 45.8 Å². The smallest absolute Gasteiger partial charge is 0.416 e. The number of alkyl halides is 3. The van der Waals surface area contributed by atoms with Crippen LogP contribution in [0, 0.1) is 13.5 Å². The summed E-state index contributed by atoms with van der Waals surface area (Å²) in [6.07, 6.45) is -2.05. The fourth-order valence-electron chi connectivity index (χ4n) is 3.79. The molecule has 12 heteroatoms. The molecule has 4 rings (SSSR count). The van der Waals surface area contributed by atoms with Crippen molar-refractivity contribution in [1.82, 2.24) is 19.3 Å². The second-order valence-electron chi connectivity index (χ2n) is 7.81. The van der Waals surface area contributed by atoms with E-state index in [1.54, 1.807) is 19.9 Å². The van der Waals surface area contributed by atoms with Crippen molar-refractivity contribution in [3.63, 3.8) is 0 Å². The third kappa shape index (κ3) is 4.57. The molecular weight excluding hydrogens is 495 g/mol. The first-order valence-electron chi connectivity index (χ1n) is 10.6. The van der Waals surface area contributed by atoms with Gasteiger partial charge in [-0.15, -0.1) is 0 Å². The zero-order valence-electron chi connectivity index (χ0n) is 19.4. The van der Waals surface area contributed by atoms with Gasteiger partial charge >= 0.3 is 12.2 Å². The lowest BCUT2D eigenvalue weighted by molar-refractivity contribution is -0.137. The van der Waals surface area contributed by atoms with Crippen molar-refractivity contribution in [3.8, 4) is 28.8 Å². The Hall–Kier alpha value is -4.11. The summed E-state index contributed by atoms with van der Waals surface area (Å²) in [5, 5.41) is 4.27. The second-order valence-corrected chi connectivity index (χ2v) is 9.79. The molecule has 8 nitrogen and oxygen atoms in total. The Morgan fingerprint density at radius 2 is 1.89 bits per heavy atom. The maximum absolute atomic E-state index is 13.4. The number of ether oxygens (including phenoxy) is 1. The molecule has 0 saturated heterocycles. The lowest BCUT2D eigenvalue weighted by Gasteiger charge is -2.13. The van der Waals surface area contributed by atoms with Crippen LogP contribution in [0.1, 0.15) is 18.2 Å². The molecule has 2 heterocycles. The molecule has 2 aromatic carbocycles. The molecule has 0 bridgehead atoms. The van der Waals surface area contributed by atoms with Crippen molar-refractivity contribution in [3.05, 3.63) is 77.4 Å². The Morgan fingerprint density at radius 3 is 2.53 bits per heavy atom. The summed E-state index contributed by atoms with van der Waals surface area (Å²) in [5.41, 5.74) is 0.918. The SMILES string of the molecule is [C-]#[N+]c1ccc(-n2nccc2-c2nc(OCC)n(-c3cccc(C(F)(F)F)c3)c2C)c(S(C)(=O)=O)c1. The van der Waals surface area contributed by atoms with Crippen molar-refractivity contribution in [1.29, 1.82) is 0 Å². The summed E-state index contributed by atoms with van der Waals surface area (Å²) in [5.74, 6) is 0. The van der Waals surface area contributed by atoms with Crippen molar-refractivity contribution in [2.75, 3.05) is 12.9 Å². The first kappa shape index (κ1) is 25.0. The lowest BCUT2D eigenvalue weighted by atomic mass is 10.2. The molecule has 0 saturated carbocycles. The summed E-state index contributed by atoms with van der Waals surface area (Å²) in [6.45, 7) is 10.8. The number of sulfone groups is 1. The minimum absolute atomic E-state index is 0.0729. The minimum atomic E-state index is -4.53. The highest BCUT2D eigenvalue weighted by atomic mass is 32.2. The van der Waals surface area contributed by atoms with Crippen LogP contribution in [0.3, 0.4) is 0 Å². The standard InChI is InChI=1S/C24H20F3N5O3S/c1-5-35-23-30-22(15(2)31(23)18-8-6-7-16(13-18)24(25,26)27)20-11-12-29-32(20)19-10-9-17(28-3)14-21(19)36(4,33)34/h6-14H,5H2,1-2,4H3. The van der Waals surface area contributed by atoms with Crippen molar-refractivity contribution >= 4 is 15.5 Å². The largest absolute Gasteiger partial charge is 0.465 e. The summed E-state index contributed by atoms with van der Waals surface area (Å²) >= 11 is 0. The van der Waals surface area contributed by atoms with Gasteiger partial charge in [0.25, 0.3) is 0 Å². The van der Waals surface area contributed by atoms with Crippen LogP contribution in [0.25, 0.3) is 27.6 Å². The molecule has 4 aromatic rings. The van der Waals surface area contributed by atoms with E-state index in [-0.39, 0.29) is 34.6 Å². The predicted octanol–water partition coefficient (Wildman–Crippen LogP) is 5.41. The van der Waals surface area contributed by atoms with E-state index in [0.29, 0.717) is 17.1 Å². The summed E-state index contributed by atoms with van der Waals surface area (Å²) in [4.78, 5) is 7.73. The molecule has 0 N–H and O–H groups in total. The van der Waals surface area contributed by atoms with E-state index in [0.717, 1.165) is 18.4 Å². The number of hydrogen-bond acceptors (Lipinski definition) is 5. The van der Waals surface area contributed by atoms with Crippen molar-refractivity contribution in [2.24, 2.45) is 0 Å². The fraction of sp³-hybridized carbons (Fsp3) is 0.208. The molecule has 2 aromatic heterocycles. The lowest BCUT2D eigenvalue weighted by Crippen LogP contribution is -2.08. The Labute approximate surface area is 205 Å². The molecule has 0 unspecified atom stereocenters. The molecule has 0 spiro atoms. The molecule has 0 atom stereocenters. The van der Waals surface area contributed by atoms with Crippen LogP contribution in [-0.2, 0) is 16.0 Å². The van der Waals surface area contributed by atoms with E-state index in [1.807, 2.05) is 0 Å². The summed E-state index contributed by atoms with van der Waals surface area (Å²) in [6, 6.07) is 10.7. The van der Waals surface area contributed by atoms with Gasteiger partial charge in [-0.1, -0.05) is 12.1 Å². The van der Waals surface area contributed by atoms with Gasteiger partial charge in [0, 0.05) is 6.26 Å². The fourth-order valence-corrected chi connectivity index (χ4v) is 4.66. The van der Waals surface area contributed by atoms with Gasteiger partial charge in [-0.25, -0.2) is 17.9 Å². The van der Waals surface area contributed by atoms with E-state index >= 15 is 0 Å². The highest BCUT2D eigenvalue weighted by Crippen LogP contribution is 2.36. The molecule has 36 heavy (non-hydrogen) atoms. The van der Waals surface area contributed by atoms with Gasteiger partial charge < -0.3 is 4.74 Å². The predicted molar refractivity (Wildman–Crippen MR) is 126 cm³/mol. The average Bonchev–Trinajstić information content (AvgIpc) is 3.42. The van der Waals surface area contributed by atoms with Gasteiger partial charge in [0.2, 0.25) is 0 Å². The van der Waals surface area contributed by atoms with Crippen LogP contribution in [0.15, 0.2) is 59.6 Å². The Bertz CT molecular complexity index is 1600. The molecule has 186 valence electrons. The van der Waals surface area contributed by atoms with Crippen LogP contribution in [0.2, 0.25) is 0 Å². The van der Waals surface area contributed by atoms with Crippen LogP contribution < -0.4 is 4.74 Å². The normalized spacial score (nSPS) is 11.9. The Morgan fingerprint density at radius 1 is 1.14 bits per heavy atom. The van der Waals surface area contributed by atoms with Crippen LogP contribution in [0.4, 0.5) is 18.9 Å². The number of aromatic nitrogens is 4. The number of nitrogens with zero attached hydrogens (tertiary/aromatic N) is 5. The Balaban J connectivity index is 1.94. The molecule has 0 aliphatic carbocycles. The van der Waals surface area contributed by atoms with Gasteiger partial charge in [-0.3, -0.25) is 4.57 Å². The van der Waals surface area contributed by atoms with Gasteiger partial charge in [-0.05, 0) is 50.2 Å². The number of hydrogen-bond donors (Lipinski definition) is 0. The monoisotopic (exact) mass is 515 g/mol. The van der Waals surface area contributed by atoms with Crippen molar-refractivity contribution < 1.29 is 26.3 Å². The van der Waals surface area contributed by atoms with E-state index < -0.39 is 21.6 Å². The maximum Gasteiger partial charge on any atom is 0.416 e. The third-order valence-electron chi connectivity index (χ3n) is 5.37. The highest BCUT2D eigenvalue weighted by molar-refractivity contribution is 7.90. The van der Waals surface area contributed by atoms with E-state index in [2.05, 4.69) is 14.9 Å². The topological polar surface area (TPSA) is 83.4 Å². The zero-order valence-corrected chi connectivity index (χ0v) is 20.2. The minimum Gasteiger partial charge on any atom is -0.465 e. The first-order valence-corrected chi connectivity index (χ1v) is 12.5. The third-order valence-corrected chi connectivity index (χ3v) is 6.49. The van der Waals surface area contributed by atoms with E-state index in [9.17, 15) is 21.6 Å². The number of benzene rings is 2. The highest BCUT2D eigenvalue weighted by Gasteiger charge is 2.31. The molecular formula is C24H20F3N5O3S. The summed E-state index contributed by atoms with van der Waals surface area (Å²) in [7, 11) is -3.74. The molecule has 0 amide bonds. The maximum atomic E-state index is 13.4. The first-order chi connectivity index (χ1) is 17.0. The number of halogens is 3. The van der Waals surface area contributed by atoms with Gasteiger partial charge in [0.05, 0.1) is 52.6 Å². The average molecular weight is 516 g/mol. The zero-order chi connectivity index (χ0) is 26.3. The second kappa shape index (κ2) is 9.16. The van der Waals surface area contributed by atoms with Gasteiger partial charge in [0.1, 0.15) is 5.69 Å². The number of imidazole rings is 1. The molecule has 0 aliphatic heterocycles. The van der Waals surface area contributed by atoms with Gasteiger partial charge in [0.15, 0.2) is 15.5 Å². The molecule has 0 fully saturated rings. The van der Waals surface area contributed by atoms with Gasteiger partial charge in [-0.2, -0.15) is 23.3 Å².